The number of amides is 1. The van der Waals surface area contributed by atoms with Crippen molar-refractivity contribution in [2.75, 3.05) is 5.32 Å². The lowest BCUT2D eigenvalue weighted by Gasteiger charge is -2.04. The number of oxazole rings is 1. The van der Waals surface area contributed by atoms with Gasteiger partial charge in [-0.1, -0.05) is 23.9 Å². The third-order valence-corrected chi connectivity index (χ3v) is 5.11. The number of thioether (sulfide) groups is 1. The molecule has 6 nitrogen and oxygen atoms in total. The zero-order chi connectivity index (χ0) is 21.3. The van der Waals surface area contributed by atoms with Crippen molar-refractivity contribution in [3.05, 3.63) is 71.3 Å². The molecule has 0 atom stereocenters. The molecule has 0 aliphatic rings. The first kappa shape index (κ1) is 20.0. The second kappa shape index (κ2) is 8.23. The van der Waals surface area contributed by atoms with Crippen LogP contribution in [0.15, 0.2) is 58.3 Å². The monoisotopic (exact) mass is 432 g/mol. The summed E-state index contributed by atoms with van der Waals surface area (Å²) in [6.45, 7) is 0. The molecule has 0 aliphatic heterocycles. The van der Waals surface area contributed by atoms with Gasteiger partial charge in [0.15, 0.2) is 5.58 Å². The van der Waals surface area contributed by atoms with Crippen molar-refractivity contribution in [2.45, 2.75) is 17.4 Å². The van der Waals surface area contributed by atoms with Crippen molar-refractivity contribution in [3.8, 4) is 0 Å². The Hall–Kier alpha value is -3.27. The van der Waals surface area contributed by atoms with Crippen LogP contribution in [0.3, 0.4) is 0 Å². The van der Waals surface area contributed by atoms with Crippen molar-refractivity contribution < 1.29 is 22.4 Å². The fourth-order valence-electron chi connectivity index (χ4n) is 2.81. The molecule has 0 bridgehead atoms. The second-order valence-corrected chi connectivity index (χ2v) is 7.36. The molecule has 0 radical (unpaired) electrons. The summed E-state index contributed by atoms with van der Waals surface area (Å²) in [6, 6.07) is 11.0. The predicted molar refractivity (Wildman–Crippen MR) is 106 cm³/mol. The van der Waals surface area contributed by atoms with Gasteiger partial charge in [-0.15, -0.1) is 0 Å². The maximum atomic E-state index is 13.1. The minimum absolute atomic E-state index is 0.191. The van der Waals surface area contributed by atoms with Gasteiger partial charge in [-0.25, -0.2) is 18.2 Å². The van der Waals surface area contributed by atoms with E-state index in [4.69, 9.17) is 4.42 Å². The lowest BCUT2D eigenvalue weighted by atomic mass is 10.2. The van der Waals surface area contributed by atoms with Crippen LogP contribution in [0.2, 0.25) is 0 Å². The van der Waals surface area contributed by atoms with E-state index in [1.165, 1.54) is 41.8 Å². The Morgan fingerprint density at radius 2 is 2.00 bits per heavy atom. The van der Waals surface area contributed by atoms with Crippen LogP contribution < -0.4 is 5.32 Å². The Kier molecular flexibility index (Phi) is 5.49. The van der Waals surface area contributed by atoms with E-state index in [0.717, 1.165) is 5.56 Å². The van der Waals surface area contributed by atoms with Crippen molar-refractivity contribution >= 4 is 34.5 Å². The number of anilines is 1. The van der Waals surface area contributed by atoms with Crippen LogP contribution in [-0.4, -0.2) is 20.7 Å². The molecule has 0 saturated carbocycles. The third-order valence-electron chi connectivity index (χ3n) is 4.21. The Labute approximate surface area is 173 Å². The summed E-state index contributed by atoms with van der Waals surface area (Å²) < 4.78 is 45.9. The number of alkyl halides is 2. The largest absolute Gasteiger partial charge is 0.431 e. The van der Waals surface area contributed by atoms with Crippen molar-refractivity contribution in [2.24, 2.45) is 7.05 Å². The van der Waals surface area contributed by atoms with Crippen LogP contribution in [0.1, 0.15) is 28.0 Å². The van der Waals surface area contributed by atoms with E-state index in [1.807, 2.05) is 0 Å². The standard InChI is InChI=1S/C20H15F3N4O2S/c1-27-9-14(17(26-27)18(22)23)19(28)24-13-6-7-16-15(8-13)25-20(29-16)30-10-11-2-4-12(21)5-3-11/h2-9,18H,10H2,1H3,(H,24,28). The maximum absolute atomic E-state index is 13.1. The van der Waals surface area contributed by atoms with Gasteiger partial charge in [0.2, 0.25) is 0 Å². The minimum Gasteiger partial charge on any atom is -0.431 e. The number of aromatic nitrogens is 3. The van der Waals surface area contributed by atoms with Gasteiger partial charge in [0.25, 0.3) is 17.6 Å². The number of fused-ring (bicyclic) bond motifs is 1. The molecule has 2 aromatic heterocycles. The van der Waals surface area contributed by atoms with Gasteiger partial charge in [-0.05, 0) is 35.9 Å². The van der Waals surface area contributed by atoms with E-state index < -0.39 is 18.0 Å². The van der Waals surface area contributed by atoms with Crippen LogP contribution >= 0.6 is 11.8 Å². The van der Waals surface area contributed by atoms with Gasteiger partial charge in [0.05, 0.1) is 5.56 Å². The molecular weight excluding hydrogens is 417 g/mol. The van der Waals surface area contributed by atoms with Gasteiger partial charge in [0, 0.05) is 24.7 Å². The zero-order valence-electron chi connectivity index (χ0n) is 15.6. The number of nitrogens with one attached hydrogen (secondary N) is 1. The highest BCUT2D eigenvalue weighted by molar-refractivity contribution is 7.98. The molecular formula is C20H15F3N4O2S. The summed E-state index contributed by atoms with van der Waals surface area (Å²) in [6.07, 6.45) is -1.61. The molecule has 1 N–H and O–H groups in total. The van der Waals surface area contributed by atoms with Crippen molar-refractivity contribution in [3.63, 3.8) is 0 Å². The summed E-state index contributed by atoms with van der Waals surface area (Å²) in [7, 11) is 1.47. The first-order chi connectivity index (χ1) is 14.4. The molecule has 4 rings (SSSR count). The molecule has 0 spiro atoms. The number of nitrogens with zero attached hydrogens (tertiary/aromatic N) is 3. The normalized spacial score (nSPS) is 11.4. The average molecular weight is 432 g/mol. The highest BCUT2D eigenvalue weighted by atomic mass is 32.2. The Morgan fingerprint density at radius 3 is 2.73 bits per heavy atom. The number of rotatable bonds is 6. The molecule has 2 heterocycles. The molecule has 154 valence electrons. The number of benzene rings is 2. The van der Waals surface area contributed by atoms with Crippen LogP contribution in [0.25, 0.3) is 11.1 Å². The SMILES string of the molecule is Cn1cc(C(=O)Nc2ccc3oc(SCc4ccc(F)cc4)nc3c2)c(C(F)F)n1. The van der Waals surface area contributed by atoms with E-state index in [9.17, 15) is 18.0 Å². The molecule has 30 heavy (non-hydrogen) atoms. The van der Waals surface area contributed by atoms with Crippen LogP contribution in [0.5, 0.6) is 0 Å². The highest BCUT2D eigenvalue weighted by Crippen LogP contribution is 2.28. The molecule has 1 amide bonds. The van der Waals surface area contributed by atoms with E-state index in [1.54, 1.807) is 30.3 Å². The van der Waals surface area contributed by atoms with E-state index in [2.05, 4.69) is 15.4 Å². The highest BCUT2D eigenvalue weighted by Gasteiger charge is 2.23. The fourth-order valence-corrected chi connectivity index (χ4v) is 3.61. The lowest BCUT2D eigenvalue weighted by molar-refractivity contribution is 0.101. The summed E-state index contributed by atoms with van der Waals surface area (Å²) in [4.78, 5) is 16.8. The van der Waals surface area contributed by atoms with Gasteiger partial charge >= 0.3 is 0 Å². The first-order valence-electron chi connectivity index (χ1n) is 8.80. The zero-order valence-corrected chi connectivity index (χ0v) is 16.4. The summed E-state index contributed by atoms with van der Waals surface area (Å²) in [5.74, 6) is -0.437. The van der Waals surface area contributed by atoms with Gasteiger partial charge in [0.1, 0.15) is 17.0 Å². The lowest BCUT2D eigenvalue weighted by Crippen LogP contribution is -2.13. The molecule has 10 heteroatoms. The number of carbonyl (C=O) groups is 1. The second-order valence-electron chi connectivity index (χ2n) is 6.43. The van der Waals surface area contributed by atoms with Crippen molar-refractivity contribution in [1.29, 1.82) is 0 Å². The molecule has 0 saturated heterocycles. The van der Waals surface area contributed by atoms with E-state index >= 15 is 0 Å². The number of aryl methyl sites for hydroxylation is 1. The summed E-state index contributed by atoms with van der Waals surface area (Å²) >= 11 is 1.35. The molecule has 0 unspecified atom stereocenters. The van der Waals surface area contributed by atoms with Gasteiger partial charge in [-0.3, -0.25) is 9.48 Å². The quantitative estimate of drug-likeness (QED) is 0.425. The van der Waals surface area contributed by atoms with Crippen LogP contribution in [-0.2, 0) is 12.8 Å². The maximum Gasteiger partial charge on any atom is 0.282 e. The number of hydrogen-bond donors (Lipinski definition) is 1. The number of hydrogen-bond acceptors (Lipinski definition) is 5. The summed E-state index contributed by atoms with van der Waals surface area (Å²) in [5.41, 5.74) is 1.57. The minimum atomic E-state index is -2.86. The van der Waals surface area contributed by atoms with Crippen LogP contribution in [0.4, 0.5) is 18.9 Å². The van der Waals surface area contributed by atoms with Crippen LogP contribution in [0, 0.1) is 5.82 Å². The number of halogens is 3. The number of carbonyl (C=O) groups excluding carboxylic acids is 1. The Morgan fingerprint density at radius 1 is 1.23 bits per heavy atom. The smallest absolute Gasteiger partial charge is 0.282 e. The Balaban J connectivity index is 1.48. The topological polar surface area (TPSA) is 73.0 Å². The van der Waals surface area contributed by atoms with Crippen molar-refractivity contribution in [1.82, 2.24) is 14.8 Å². The Bertz CT molecular complexity index is 1200. The predicted octanol–water partition coefficient (Wildman–Crippen LogP) is 5.18. The molecule has 0 aliphatic carbocycles. The average Bonchev–Trinajstić information content (AvgIpc) is 3.30. The fraction of sp³-hybridized carbons (Fsp3) is 0.150. The summed E-state index contributed by atoms with van der Waals surface area (Å²) in [5, 5.41) is 6.63. The van der Waals surface area contributed by atoms with Gasteiger partial charge < -0.3 is 9.73 Å². The van der Waals surface area contributed by atoms with E-state index in [-0.39, 0.29) is 11.4 Å². The molecule has 0 fully saturated rings. The third kappa shape index (κ3) is 4.33. The molecule has 4 aromatic rings. The molecule has 2 aromatic carbocycles. The van der Waals surface area contributed by atoms with E-state index in [0.29, 0.717) is 27.8 Å². The van der Waals surface area contributed by atoms with Gasteiger partial charge in [-0.2, -0.15) is 5.10 Å². The first-order valence-corrected chi connectivity index (χ1v) is 9.78.